The molecule has 156 valence electrons. The summed E-state index contributed by atoms with van der Waals surface area (Å²) in [6.45, 7) is 9.07. The number of hydrogen-bond acceptors (Lipinski definition) is 5. The van der Waals surface area contributed by atoms with E-state index >= 15 is 0 Å². The zero-order chi connectivity index (χ0) is 21.0. The van der Waals surface area contributed by atoms with Crippen LogP contribution in [-0.4, -0.2) is 43.1 Å². The van der Waals surface area contributed by atoms with Crippen molar-refractivity contribution >= 4 is 22.8 Å². The molecule has 0 spiro atoms. The van der Waals surface area contributed by atoms with Gasteiger partial charge in [0.1, 0.15) is 11.3 Å². The van der Waals surface area contributed by atoms with Crippen molar-refractivity contribution < 1.29 is 23.5 Å². The molecule has 0 N–H and O–H groups in total. The van der Waals surface area contributed by atoms with Crippen LogP contribution in [-0.2, 0) is 9.53 Å². The second-order valence-corrected chi connectivity index (χ2v) is 9.73. The quantitative estimate of drug-likeness (QED) is 0.716. The van der Waals surface area contributed by atoms with E-state index in [9.17, 15) is 9.59 Å². The van der Waals surface area contributed by atoms with Crippen molar-refractivity contribution in [2.45, 2.75) is 53.0 Å². The van der Waals surface area contributed by atoms with Gasteiger partial charge in [-0.15, -0.1) is 0 Å². The van der Waals surface area contributed by atoms with Crippen LogP contribution in [0.15, 0.2) is 22.6 Å². The number of carbonyl (C=O) groups is 2. The minimum atomic E-state index is -0.611. The molecule has 2 bridgehead atoms. The molecule has 2 aliphatic rings. The number of nitrogens with zero attached hydrogens (tertiary/aromatic N) is 1. The molecule has 2 heterocycles. The summed E-state index contributed by atoms with van der Waals surface area (Å²) in [5, 5.41) is 0.797. The lowest BCUT2D eigenvalue weighted by molar-refractivity contribution is -0.135. The van der Waals surface area contributed by atoms with E-state index in [0.717, 1.165) is 31.2 Å². The Bertz CT molecular complexity index is 975. The van der Waals surface area contributed by atoms with Gasteiger partial charge in [-0.05, 0) is 55.2 Å². The van der Waals surface area contributed by atoms with Gasteiger partial charge in [-0.25, -0.2) is 4.79 Å². The first-order valence-corrected chi connectivity index (χ1v) is 10.1. The van der Waals surface area contributed by atoms with Gasteiger partial charge in [0, 0.05) is 23.5 Å². The van der Waals surface area contributed by atoms with E-state index in [4.69, 9.17) is 13.9 Å². The third-order valence-corrected chi connectivity index (χ3v) is 6.39. The van der Waals surface area contributed by atoms with Gasteiger partial charge < -0.3 is 18.8 Å². The lowest BCUT2D eigenvalue weighted by Crippen LogP contribution is -2.39. The number of carbonyl (C=O) groups excluding carboxylic acids is 2. The number of likely N-dealkylation sites (tertiary alicyclic amines) is 1. The number of hydrogen-bond donors (Lipinski definition) is 0. The van der Waals surface area contributed by atoms with Crippen LogP contribution in [0.25, 0.3) is 11.0 Å². The summed E-state index contributed by atoms with van der Waals surface area (Å²) in [5.41, 5.74) is 1.66. The molecule has 0 radical (unpaired) electrons. The van der Waals surface area contributed by atoms with Crippen LogP contribution in [0.1, 0.15) is 56.2 Å². The number of rotatable bonds is 4. The summed E-state index contributed by atoms with van der Waals surface area (Å²) in [6, 6.07) is 5.59. The van der Waals surface area contributed by atoms with Gasteiger partial charge in [-0.3, -0.25) is 4.79 Å². The van der Waals surface area contributed by atoms with Gasteiger partial charge >= 0.3 is 5.97 Å². The van der Waals surface area contributed by atoms with Gasteiger partial charge in [-0.2, -0.15) is 0 Å². The van der Waals surface area contributed by atoms with Crippen molar-refractivity contribution in [3.05, 3.63) is 29.5 Å². The van der Waals surface area contributed by atoms with E-state index in [-0.39, 0.29) is 35.1 Å². The Kier molecular flexibility index (Phi) is 4.63. The Labute approximate surface area is 171 Å². The maximum atomic E-state index is 12.8. The summed E-state index contributed by atoms with van der Waals surface area (Å²) < 4.78 is 16.3. The predicted molar refractivity (Wildman–Crippen MR) is 109 cm³/mol. The first kappa shape index (κ1) is 19.8. The molecule has 2 fully saturated rings. The third-order valence-electron chi connectivity index (χ3n) is 6.39. The van der Waals surface area contributed by atoms with Crippen molar-refractivity contribution in [3.8, 4) is 5.75 Å². The highest BCUT2D eigenvalue weighted by Gasteiger charge is 2.50. The molecule has 1 saturated carbocycles. The van der Waals surface area contributed by atoms with E-state index in [1.807, 2.05) is 11.0 Å². The smallest absolute Gasteiger partial charge is 0.375 e. The molecule has 29 heavy (non-hydrogen) atoms. The first-order chi connectivity index (χ1) is 13.6. The fourth-order valence-electron chi connectivity index (χ4n) is 5.55. The molecule has 6 nitrogen and oxygen atoms in total. The van der Waals surface area contributed by atoms with Crippen LogP contribution in [0.2, 0.25) is 0 Å². The zero-order valence-electron chi connectivity index (χ0n) is 17.8. The Morgan fingerprint density at radius 2 is 2.00 bits per heavy atom. The number of furan rings is 1. The summed E-state index contributed by atoms with van der Waals surface area (Å²) in [6.07, 6.45) is 3.13. The SMILES string of the molecule is COc1ccc2oc(C(=O)OCC(=O)N3C[C@@]4(C)C[C@H]3CC(C)(C)C4)c(C)c2c1. The van der Waals surface area contributed by atoms with Crippen LogP contribution >= 0.6 is 0 Å². The highest BCUT2D eigenvalue weighted by atomic mass is 16.5. The maximum Gasteiger partial charge on any atom is 0.375 e. The summed E-state index contributed by atoms with van der Waals surface area (Å²) in [7, 11) is 1.59. The van der Waals surface area contributed by atoms with Crippen LogP contribution in [0.3, 0.4) is 0 Å². The van der Waals surface area contributed by atoms with Gasteiger partial charge in [0.25, 0.3) is 5.91 Å². The lowest BCUT2D eigenvalue weighted by Gasteiger charge is -2.39. The van der Waals surface area contributed by atoms with Gasteiger partial charge in [0.05, 0.1) is 7.11 Å². The summed E-state index contributed by atoms with van der Waals surface area (Å²) >= 11 is 0. The second kappa shape index (κ2) is 6.78. The molecule has 2 atom stereocenters. The van der Waals surface area contributed by atoms with E-state index in [1.54, 1.807) is 26.2 Å². The number of amides is 1. The number of benzene rings is 1. The molecule has 2 aromatic rings. The van der Waals surface area contributed by atoms with Gasteiger partial charge in [-0.1, -0.05) is 20.8 Å². The molecule has 0 unspecified atom stereocenters. The molecular formula is C23H29NO5. The van der Waals surface area contributed by atoms with Crippen molar-refractivity contribution in [1.82, 2.24) is 4.90 Å². The minimum absolute atomic E-state index is 0.125. The Hall–Kier alpha value is -2.50. The fourth-order valence-corrected chi connectivity index (χ4v) is 5.55. The van der Waals surface area contributed by atoms with Crippen molar-refractivity contribution in [2.75, 3.05) is 20.3 Å². The fraction of sp³-hybridized carbons (Fsp3) is 0.565. The lowest BCUT2D eigenvalue weighted by atomic mass is 9.65. The molecular weight excluding hydrogens is 370 g/mol. The van der Waals surface area contributed by atoms with Gasteiger partial charge in [0.2, 0.25) is 5.76 Å². The van der Waals surface area contributed by atoms with E-state index < -0.39 is 5.97 Å². The molecule has 1 aromatic heterocycles. The molecule has 1 aliphatic heterocycles. The molecule has 4 rings (SSSR count). The number of esters is 1. The van der Waals surface area contributed by atoms with Crippen molar-refractivity contribution in [3.63, 3.8) is 0 Å². The first-order valence-electron chi connectivity index (χ1n) is 10.1. The molecule has 1 saturated heterocycles. The highest BCUT2D eigenvalue weighted by Crippen LogP contribution is 2.52. The average molecular weight is 399 g/mol. The van der Waals surface area contributed by atoms with Crippen LogP contribution in [0.4, 0.5) is 0 Å². The third kappa shape index (κ3) is 3.61. The molecule has 1 amide bonds. The standard InChI is InChI=1S/C23H29NO5/c1-14-17-8-16(27-5)6-7-18(17)29-20(14)21(26)28-11-19(25)24-13-23(4)10-15(24)9-22(2,3)12-23/h6-8,15H,9-13H2,1-5H3/t15-,23+/m1/s1. The van der Waals surface area contributed by atoms with Crippen LogP contribution in [0, 0.1) is 17.8 Å². The number of methoxy groups -OCH3 is 1. The zero-order valence-corrected chi connectivity index (χ0v) is 17.8. The Balaban J connectivity index is 1.44. The normalized spacial score (nSPS) is 25.3. The molecule has 1 aliphatic carbocycles. The highest BCUT2D eigenvalue weighted by molar-refractivity contribution is 5.97. The molecule has 1 aromatic carbocycles. The Morgan fingerprint density at radius 3 is 2.72 bits per heavy atom. The summed E-state index contributed by atoms with van der Waals surface area (Å²) in [4.78, 5) is 27.3. The summed E-state index contributed by atoms with van der Waals surface area (Å²) in [5.74, 6) is 0.0855. The monoisotopic (exact) mass is 399 g/mol. The van der Waals surface area contributed by atoms with Crippen molar-refractivity contribution in [1.29, 1.82) is 0 Å². The molecule has 6 heteroatoms. The van der Waals surface area contributed by atoms with Crippen LogP contribution in [0.5, 0.6) is 5.75 Å². The second-order valence-electron chi connectivity index (χ2n) is 9.73. The van der Waals surface area contributed by atoms with E-state index in [2.05, 4.69) is 20.8 Å². The van der Waals surface area contributed by atoms with Crippen LogP contribution < -0.4 is 4.74 Å². The van der Waals surface area contributed by atoms with E-state index in [1.165, 1.54) is 0 Å². The number of aryl methyl sites for hydroxylation is 1. The van der Waals surface area contributed by atoms with E-state index in [0.29, 0.717) is 16.9 Å². The maximum absolute atomic E-state index is 12.8. The average Bonchev–Trinajstić information content (AvgIpc) is 3.11. The Morgan fingerprint density at radius 1 is 1.24 bits per heavy atom. The number of ether oxygens (including phenoxy) is 2. The number of fused-ring (bicyclic) bond motifs is 3. The minimum Gasteiger partial charge on any atom is -0.497 e. The topological polar surface area (TPSA) is 69.0 Å². The largest absolute Gasteiger partial charge is 0.497 e. The van der Waals surface area contributed by atoms with Gasteiger partial charge in [0.15, 0.2) is 6.61 Å². The predicted octanol–water partition coefficient (Wildman–Crippen LogP) is 4.33. The van der Waals surface area contributed by atoms with Crippen molar-refractivity contribution in [2.24, 2.45) is 10.8 Å².